The van der Waals surface area contributed by atoms with E-state index in [-0.39, 0.29) is 19.6 Å². The standard InChI is InChI=1S/C51H98O12S/c1-3-5-7-9-11-13-15-17-19-20-21-22-23-24-25-26-27-28-30-32-34-36-38-40-47(53)61-45(43-59-41-39-37-35-33-31-29-18-16-14-12-10-8-6-4-2)44-60-51-49(55)50(63-64(56,57)58)48(54)46(42-52)62-51/h14,16,45-46,48-52,54-55H,3-13,15,17-44H2,1-2H3,(H,56,57,58)/b16-14-. The summed E-state index contributed by atoms with van der Waals surface area (Å²) in [5.41, 5.74) is 0. The maximum Gasteiger partial charge on any atom is 0.397 e. The van der Waals surface area contributed by atoms with Gasteiger partial charge in [-0.15, -0.1) is 0 Å². The topological polar surface area (TPSA) is 178 Å². The fourth-order valence-corrected chi connectivity index (χ4v) is 8.88. The Labute approximate surface area is 391 Å². The molecule has 6 unspecified atom stereocenters. The van der Waals surface area contributed by atoms with Gasteiger partial charge in [0.05, 0.1) is 19.8 Å². The minimum absolute atomic E-state index is 0.0374. The van der Waals surface area contributed by atoms with Crippen LogP contribution in [0.25, 0.3) is 0 Å². The van der Waals surface area contributed by atoms with Crippen LogP contribution >= 0.6 is 0 Å². The highest BCUT2D eigenvalue weighted by Gasteiger charge is 2.48. The lowest BCUT2D eigenvalue weighted by Gasteiger charge is -2.41. The van der Waals surface area contributed by atoms with Gasteiger partial charge in [-0.3, -0.25) is 9.35 Å². The summed E-state index contributed by atoms with van der Waals surface area (Å²) in [7, 11) is -5.06. The summed E-state index contributed by atoms with van der Waals surface area (Å²) in [6.07, 6.45) is 39.6. The molecule has 4 N–H and O–H groups in total. The first-order valence-corrected chi connectivity index (χ1v) is 27.8. The highest BCUT2D eigenvalue weighted by atomic mass is 32.3. The van der Waals surface area contributed by atoms with Crippen LogP contribution in [0.1, 0.15) is 245 Å². The van der Waals surface area contributed by atoms with Crippen molar-refractivity contribution in [3.63, 3.8) is 0 Å². The van der Waals surface area contributed by atoms with Crippen molar-refractivity contribution in [2.75, 3.05) is 26.4 Å². The number of hydrogen-bond donors (Lipinski definition) is 4. The Balaban J connectivity index is 2.30. The number of carbonyl (C=O) groups is 1. The third-order valence-electron chi connectivity index (χ3n) is 12.4. The second kappa shape index (κ2) is 43.1. The van der Waals surface area contributed by atoms with Crippen LogP contribution in [0.5, 0.6) is 0 Å². The SMILES string of the molecule is CCCCCC/C=C\CCCCCCCCOCC(COC1OC(CO)C(O)C(OS(=O)(=O)O)C1O)OC(=O)CCCCCCCCCCCCCCCCCCCCCCCCC. The highest BCUT2D eigenvalue weighted by Crippen LogP contribution is 2.26. The van der Waals surface area contributed by atoms with Crippen molar-refractivity contribution >= 4 is 16.4 Å². The number of aliphatic hydroxyl groups is 3. The molecule has 1 aliphatic rings. The molecule has 0 aromatic heterocycles. The number of aliphatic hydroxyl groups excluding tert-OH is 3. The molecule has 1 aliphatic heterocycles. The maximum absolute atomic E-state index is 12.9. The fraction of sp³-hybridized carbons (Fsp3) is 0.941. The van der Waals surface area contributed by atoms with Crippen molar-refractivity contribution in [3.8, 4) is 0 Å². The molecule has 12 nitrogen and oxygen atoms in total. The Morgan fingerprint density at radius 3 is 1.42 bits per heavy atom. The normalized spacial score (nSPS) is 19.8. The van der Waals surface area contributed by atoms with Crippen molar-refractivity contribution < 1.29 is 56.2 Å². The minimum Gasteiger partial charge on any atom is -0.457 e. The molecule has 6 atom stereocenters. The van der Waals surface area contributed by atoms with Gasteiger partial charge in [-0.25, -0.2) is 4.18 Å². The van der Waals surface area contributed by atoms with E-state index >= 15 is 0 Å². The molecule has 0 spiro atoms. The first-order chi connectivity index (χ1) is 31.1. The number of hydrogen-bond acceptors (Lipinski definition) is 11. The first-order valence-electron chi connectivity index (χ1n) is 26.4. The number of esters is 1. The van der Waals surface area contributed by atoms with Gasteiger partial charge in [0.15, 0.2) is 6.29 Å². The molecule has 1 fully saturated rings. The lowest BCUT2D eigenvalue weighted by Crippen LogP contribution is -2.60. The van der Waals surface area contributed by atoms with Gasteiger partial charge in [0.1, 0.15) is 30.5 Å². The predicted molar refractivity (Wildman–Crippen MR) is 258 cm³/mol. The van der Waals surface area contributed by atoms with Crippen LogP contribution in [0, 0.1) is 0 Å². The summed E-state index contributed by atoms with van der Waals surface area (Å²) in [5.74, 6) is -0.395. The van der Waals surface area contributed by atoms with E-state index in [4.69, 9.17) is 18.9 Å². The molecule has 0 amide bonds. The van der Waals surface area contributed by atoms with Gasteiger partial charge < -0.3 is 34.3 Å². The van der Waals surface area contributed by atoms with E-state index in [1.165, 1.54) is 173 Å². The molecule has 1 heterocycles. The Kier molecular flexibility index (Phi) is 41.0. The summed E-state index contributed by atoms with van der Waals surface area (Å²) in [6, 6.07) is 0. The van der Waals surface area contributed by atoms with Gasteiger partial charge in [0, 0.05) is 13.0 Å². The molecular weight excluding hydrogens is 837 g/mol. The zero-order valence-corrected chi connectivity index (χ0v) is 41.7. The first kappa shape index (κ1) is 60.9. The van der Waals surface area contributed by atoms with Crippen LogP contribution in [0.15, 0.2) is 12.2 Å². The molecule has 1 rings (SSSR count). The molecule has 0 aromatic rings. The van der Waals surface area contributed by atoms with E-state index in [2.05, 4.69) is 30.2 Å². The van der Waals surface area contributed by atoms with Gasteiger partial charge >= 0.3 is 16.4 Å². The number of carbonyl (C=O) groups excluding carboxylic acids is 1. The van der Waals surface area contributed by atoms with Crippen molar-refractivity contribution in [1.82, 2.24) is 0 Å². The fourth-order valence-electron chi connectivity index (χ4n) is 8.38. The van der Waals surface area contributed by atoms with Crippen LogP contribution in [-0.2, 0) is 38.3 Å². The third kappa shape index (κ3) is 36.0. The van der Waals surface area contributed by atoms with Gasteiger partial charge in [-0.1, -0.05) is 212 Å². The molecule has 0 aliphatic carbocycles. The average Bonchev–Trinajstić information content (AvgIpc) is 3.27. The maximum atomic E-state index is 12.9. The molecule has 0 radical (unpaired) electrons. The summed E-state index contributed by atoms with van der Waals surface area (Å²) in [5, 5.41) is 30.7. The minimum atomic E-state index is -5.06. The summed E-state index contributed by atoms with van der Waals surface area (Å²) in [4.78, 5) is 12.9. The quantitative estimate of drug-likeness (QED) is 0.0197. The largest absolute Gasteiger partial charge is 0.457 e. The molecule has 1 saturated heterocycles. The predicted octanol–water partition coefficient (Wildman–Crippen LogP) is 12.2. The van der Waals surface area contributed by atoms with Crippen LogP contribution < -0.4 is 0 Å². The molecule has 13 heteroatoms. The van der Waals surface area contributed by atoms with Gasteiger partial charge in [-0.05, 0) is 38.5 Å². The van der Waals surface area contributed by atoms with Crippen LogP contribution in [0.2, 0.25) is 0 Å². The van der Waals surface area contributed by atoms with Crippen LogP contribution in [0.4, 0.5) is 0 Å². The number of allylic oxidation sites excluding steroid dienone is 2. The smallest absolute Gasteiger partial charge is 0.397 e. The van der Waals surface area contributed by atoms with Crippen LogP contribution in [0.3, 0.4) is 0 Å². The van der Waals surface area contributed by atoms with Gasteiger partial charge in [0.25, 0.3) is 0 Å². The van der Waals surface area contributed by atoms with E-state index in [1.54, 1.807) is 0 Å². The number of ether oxygens (including phenoxy) is 4. The zero-order valence-electron chi connectivity index (χ0n) is 40.9. The molecule has 0 aromatic carbocycles. The molecular formula is C51H98O12S. The van der Waals surface area contributed by atoms with Crippen molar-refractivity contribution in [2.24, 2.45) is 0 Å². The third-order valence-corrected chi connectivity index (χ3v) is 12.9. The molecule has 64 heavy (non-hydrogen) atoms. The van der Waals surface area contributed by atoms with E-state index in [9.17, 15) is 33.1 Å². The lowest BCUT2D eigenvalue weighted by molar-refractivity contribution is -0.301. The van der Waals surface area contributed by atoms with Crippen LogP contribution in [-0.4, -0.2) is 97.5 Å². The Morgan fingerprint density at radius 2 is 0.984 bits per heavy atom. The lowest BCUT2D eigenvalue weighted by atomic mass is 9.99. The Morgan fingerprint density at radius 1 is 0.578 bits per heavy atom. The molecule has 0 saturated carbocycles. The average molecular weight is 935 g/mol. The highest BCUT2D eigenvalue weighted by molar-refractivity contribution is 7.80. The number of unbranched alkanes of at least 4 members (excludes halogenated alkanes) is 32. The molecule has 380 valence electrons. The molecule has 0 bridgehead atoms. The van der Waals surface area contributed by atoms with E-state index in [1.807, 2.05) is 0 Å². The summed E-state index contributed by atoms with van der Waals surface area (Å²) < 4.78 is 59.2. The Hall–Kier alpha value is -1.16. The summed E-state index contributed by atoms with van der Waals surface area (Å²) >= 11 is 0. The van der Waals surface area contributed by atoms with Crippen molar-refractivity contribution in [2.45, 2.75) is 282 Å². The monoisotopic (exact) mass is 935 g/mol. The van der Waals surface area contributed by atoms with Gasteiger partial charge in [0.2, 0.25) is 0 Å². The number of rotatable bonds is 47. The second-order valence-electron chi connectivity index (χ2n) is 18.5. The van der Waals surface area contributed by atoms with Crippen molar-refractivity contribution in [1.29, 1.82) is 0 Å². The van der Waals surface area contributed by atoms with Gasteiger partial charge in [-0.2, -0.15) is 8.42 Å². The summed E-state index contributed by atoms with van der Waals surface area (Å²) in [6.45, 7) is 4.01. The Bertz CT molecular complexity index is 1170. The van der Waals surface area contributed by atoms with E-state index in [0.29, 0.717) is 13.0 Å². The second-order valence-corrected chi connectivity index (χ2v) is 19.5. The van der Waals surface area contributed by atoms with E-state index in [0.717, 1.165) is 44.9 Å². The zero-order chi connectivity index (χ0) is 46.8. The van der Waals surface area contributed by atoms with Crippen molar-refractivity contribution in [3.05, 3.63) is 12.2 Å². The van der Waals surface area contributed by atoms with E-state index < -0.39 is 59.8 Å².